The van der Waals surface area contributed by atoms with Gasteiger partial charge < -0.3 is 0 Å². The molecule has 3 rings (SSSR count). The van der Waals surface area contributed by atoms with Gasteiger partial charge in [-0.2, -0.15) is 24.5 Å². The Kier molecular flexibility index (Phi) is 5.17. The molecule has 26 heavy (non-hydrogen) atoms. The van der Waals surface area contributed by atoms with E-state index in [4.69, 9.17) is 0 Å². The smallest absolute Gasteiger partial charge is 0.207 e. The molecule has 0 aliphatic rings. The van der Waals surface area contributed by atoms with Gasteiger partial charge in [-0.15, -0.1) is 0 Å². The molecule has 0 spiro atoms. The van der Waals surface area contributed by atoms with Crippen molar-refractivity contribution in [2.24, 2.45) is 0 Å². The normalized spacial score (nSPS) is 12.3. The van der Waals surface area contributed by atoms with Gasteiger partial charge in [-0.3, -0.25) is 0 Å². The Bertz CT molecular complexity index is 980. The summed E-state index contributed by atoms with van der Waals surface area (Å²) in [5.74, 6) is 0. The maximum atomic E-state index is 12.6. The third kappa shape index (κ3) is 4.14. The van der Waals surface area contributed by atoms with Crippen LogP contribution in [0.25, 0.3) is 11.1 Å². The van der Waals surface area contributed by atoms with Gasteiger partial charge in [-0.25, -0.2) is 13.1 Å². The molecule has 2 aromatic carbocycles. The van der Waals surface area contributed by atoms with E-state index in [2.05, 4.69) is 4.72 Å². The summed E-state index contributed by atoms with van der Waals surface area (Å²) >= 11 is 1.54. The van der Waals surface area contributed by atoms with Gasteiger partial charge in [0.05, 0.1) is 10.5 Å². The SMILES string of the molecule is O=S(=O)(NCc1ccccc1-c1ccsc1)c1ccc(C(F)(F)F)cc1. The molecular formula is C18H14F3NO2S2. The molecule has 3 nitrogen and oxygen atoms in total. The fourth-order valence-electron chi connectivity index (χ4n) is 2.45. The monoisotopic (exact) mass is 397 g/mol. The second-order valence-electron chi connectivity index (χ2n) is 5.52. The van der Waals surface area contributed by atoms with Gasteiger partial charge >= 0.3 is 6.18 Å². The van der Waals surface area contributed by atoms with Crippen LogP contribution in [0.1, 0.15) is 11.1 Å². The van der Waals surface area contributed by atoms with Crippen molar-refractivity contribution in [3.63, 3.8) is 0 Å². The van der Waals surface area contributed by atoms with Crippen LogP contribution >= 0.6 is 11.3 Å². The number of hydrogen-bond donors (Lipinski definition) is 1. The number of nitrogens with one attached hydrogen (secondary N) is 1. The number of alkyl halides is 3. The van der Waals surface area contributed by atoms with E-state index in [-0.39, 0.29) is 11.4 Å². The highest BCUT2D eigenvalue weighted by molar-refractivity contribution is 7.89. The molecule has 0 amide bonds. The molecule has 0 saturated heterocycles. The molecule has 0 fully saturated rings. The first-order valence-electron chi connectivity index (χ1n) is 7.55. The zero-order chi connectivity index (χ0) is 18.8. The van der Waals surface area contributed by atoms with Gasteiger partial charge in [0.2, 0.25) is 10.0 Å². The van der Waals surface area contributed by atoms with Gasteiger partial charge in [0.15, 0.2) is 0 Å². The number of hydrogen-bond acceptors (Lipinski definition) is 3. The van der Waals surface area contributed by atoms with E-state index in [1.165, 1.54) is 11.3 Å². The summed E-state index contributed by atoms with van der Waals surface area (Å²) in [6.07, 6.45) is -4.50. The zero-order valence-electron chi connectivity index (χ0n) is 13.3. The Morgan fingerprint density at radius 3 is 2.27 bits per heavy atom. The molecule has 1 N–H and O–H groups in total. The number of thiophene rings is 1. The van der Waals surface area contributed by atoms with Crippen molar-refractivity contribution in [3.05, 3.63) is 76.5 Å². The minimum atomic E-state index is -4.50. The Labute approximate surface area is 153 Å². The summed E-state index contributed by atoms with van der Waals surface area (Å²) in [7, 11) is -3.92. The summed E-state index contributed by atoms with van der Waals surface area (Å²) in [4.78, 5) is -0.210. The lowest BCUT2D eigenvalue weighted by Gasteiger charge is -2.11. The molecule has 8 heteroatoms. The van der Waals surface area contributed by atoms with E-state index in [1.54, 1.807) is 6.07 Å². The molecule has 1 aromatic heterocycles. The van der Waals surface area contributed by atoms with E-state index in [9.17, 15) is 21.6 Å². The van der Waals surface area contributed by atoms with E-state index in [1.807, 2.05) is 35.0 Å². The first-order chi connectivity index (χ1) is 12.3. The third-order valence-corrected chi connectivity index (χ3v) is 5.89. The fourth-order valence-corrected chi connectivity index (χ4v) is 4.12. The zero-order valence-corrected chi connectivity index (χ0v) is 15.0. The maximum absolute atomic E-state index is 12.6. The molecule has 3 aromatic rings. The summed E-state index contributed by atoms with van der Waals surface area (Å²) in [5, 5.41) is 3.89. The number of rotatable bonds is 5. The van der Waals surface area contributed by atoms with Crippen LogP contribution in [0.15, 0.2) is 70.3 Å². The first kappa shape index (κ1) is 18.6. The van der Waals surface area contributed by atoms with Crippen molar-refractivity contribution in [2.75, 3.05) is 0 Å². The number of halogens is 3. The quantitative estimate of drug-likeness (QED) is 0.665. The van der Waals surface area contributed by atoms with E-state index in [0.717, 1.165) is 41.0 Å². The lowest BCUT2D eigenvalue weighted by atomic mass is 10.0. The summed E-state index contributed by atoms with van der Waals surface area (Å²) in [6.45, 7) is 0.0371. The topological polar surface area (TPSA) is 46.2 Å². The van der Waals surface area contributed by atoms with Crippen LogP contribution in [-0.4, -0.2) is 8.42 Å². The minimum Gasteiger partial charge on any atom is -0.207 e. The average Bonchev–Trinajstić information content (AvgIpc) is 3.14. The van der Waals surface area contributed by atoms with Crippen molar-refractivity contribution in [1.82, 2.24) is 4.72 Å². The minimum absolute atomic E-state index is 0.0371. The summed E-state index contributed by atoms with van der Waals surface area (Å²) in [5.41, 5.74) is 1.78. The summed E-state index contributed by atoms with van der Waals surface area (Å²) in [6, 6.07) is 12.7. The Balaban J connectivity index is 1.80. The highest BCUT2D eigenvalue weighted by Crippen LogP contribution is 2.30. The van der Waals surface area contributed by atoms with Crippen molar-refractivity contribution >= 4 is 21.4 Å². The standard InChI is InChI=1S/C18H14F3NO2S2/c19-18(20,21)15-5-7-16(8-6-15)26(23,24)22-11-13-3-1-2-4-17(13)14-9-10-25-12-14/h1-10,12,22H,11H2. The average molecular weight is 397 g/mol. The van der Waals surface area contributed by atoms with Crippen molar-refractivity contribution in [1.29, 1.82) is 0 Å². The van der Waals surface area contributed by atoms with Gasteiger partial charge in [-0.05, 0) is 57.8 Å². The number of benzene rings is 2. The van der Waals surface area contributed by atoms with Crippen LogP contribution in [0, 0.1) is 0 Å². The van der Waals surface area contributed by atoms with Gasteiger partial charge in [0.25, 0.3) is 0 Å². The Morgan fingerprint density at radius 1 is 0.962 bits per heavy atom. The molecule has 1 heterocycles. The van der Waals surface area contributed by atoms with E-state index in [0.29, 0.717) is 0 Å². The molecular weight excluding hydrogens is 383 g/mol. The maximum Gasteiger partial charge on any atom is 0.416 e. The van der Waals surface area contributed by atoms with Crippen LogP contribution in [0.5, 0.6) is 0 Å². The Hall–Kier alpha value is -2.16. The van der Waals surface area contributed by atoms with Crippen molar-refractivity contribution in [3.8, 4) is 11.1 Å². The van der Waals surface area contributed by atoms with Crippen LogP contribution < -0.4 is 4.72 Å². The van der Waals surface area contributed by atoms with Gasteiger partial charge in [0.1, 0.15) is 0 Å². The van der Waals surface area contributed by atoms with Gasteiger partial charge in [0, 0.05) is 6.54 Å². The van der Waals surface area contributed by atoms with Crippen LogP contribution in [-0.2, 0) is 22.7 Å². The van der Waals surface area contributed by atoms with E-state index >= 15 is 0 Å². The lowest BCUT2D eigenvalue weighted by molar-refractivity contribution is -0.137. The number of sulfonamides is 1. The predicted octanol–water partition coefficient (Wildman–Crippen LogP) is 4.91. The predicted molar refractivity (Wildman–Crippen MR) is 95.2 cm³/mol. The van der Waals surface area contributed by atoms with Crippen LogP contribution in [0.2, 0.25) is 0 Å². The molecule has 0 saturated carbocycles. The highest BCUT2D eigenvalue weighted by Gasteiger charge is 2.30. The van der Waals surface area contributed by atoms with Crippen LogP contribution in [0.4, 0.5) is 13.2 Å². The molecule has 0 radical (unpaired) electrons. The molecule has 136 valence electrons. The molecule has 0 aliphatic heterocycles. The molecule has 0 unspecified atom stereocenters. The molecule has 0 atom stereocenters. The molecule has 0 bridgehead atoms. The fraction of sp³-hybridized carbons (Fsp3) is 0.111. The van der Waals surface area contributed by atoms with Crippen LogP contribution in [0.3, 0.4) is 0 Å². The second kappa shape index (κ2) is 7.22. The van der Waals surface area contributed by atoms with Gasteiger partial charge in [-0.1, -0.05) is 24.3 Å². The lowest BCUT2D eigenvalue weighted by Crippen LogP contribution is -2.23. The summed E-state index contributed by atoms with van der Waals surface area (Å²) < 4.78 is 65.0. The Morgan fingerprint density at radius 2 is 1.65 bits per heavy atom. The highest BCUT2D eigenvalue weighted by atomic mass is 32.2. The molecule has 0 aliphatic carbocycles. The second-order valence-corrected chi connectivity index (χ2v) is 8.06. The van der Waals surface area contributed by atoms with Crippen molar-refractivity contribution in [2.45, 2.75) is 17.6 Å². The van der Waals surface area contributed by atoms with Crippen molar-refractivity contribution < 1.29 is 21.6 Å². The third-order valence-electron chi connectivity index (χ3n) is 3.79. The first-order valence-corrected chi connectivity index (χ1v) is 9.97. The van der Waals surface area contributed by atoms with E-state index < -0.39 is 21.8 Å². The largest absolute Gasteiger partial charge is 0.416 e.